The molecule has 0 saturated carbocycles. The SMILES string of the molecule is Cn1cccc1C1CCCN1C(=O)NCc1cccc(Oc2ccccc2)c1. The number of benzene rings is 2. The Morgan fingerprint density at radius 2 is 1.89 bits per heavy atom. The summed E-state index contributed by atoms with van der Waals surface area (Å²) in [7, 11) is 2.03. The van der Waals surface area contributed by atoms with Crippen molar-refractivity contribution in [1.29, 1.82) is 0 Å². The summed E-state index contributed by atoms with van der Waals surface area (Å²) in [5.41, 5.74) is 2.20. The lowest BCUT2D eigenvalue weighted by atomic mass is 10.1. The maximum absolute atomic E-state index is 12.8. The topological polar surface area (TPSA) is 46.5 Å². The summed E-state index contributed by atoms with van der Waals surface area (Å²) >= 11 is 0. The average molecular weight is 375 g/mol. The number of aromatic nitrogens is 1. The normalized spacial score (nSPS) is 16.2. The zero-order chi connectivity index (χ0) is 19.3. The zero-order valence-electron chi connectivity index (χ0n) is 16.0. The van der Waals surface area contributed by atoms with Gasteiger partial charge in [-0.15, -0.1) is 0 Å². The molecule has 1 atom stereocenters. The van der Waals surface area contributed by atoms with Gasteiger partial charge >= 0.3 is 6.03 Å². The number of carbonyl (C=O) groups excluding carboxylic acids is 1. The van der Waals surface area contributed by atoms with Crippen LogP contribution in [0, 0.1) is 0 Å². The molecule has 5 heteroatoms. The quantitative estimate of drug-likeness (QED) is 0.692. The summed E-state index contributed by atoms with van der Waals surface area (Å²) in [6.07, 6.45) is 4.07. The van der Waals surface area contributed by atoms with Crippen LogP contribution in [-0.2, 0) is 13.6 Å². The molecule has 1 aromatic heterocycles. The van der Waals surface area contributed by atoms with Gasteiger partial charge in [-0.05, 0) is 54.8 Å². The monoisotopic (exact) mass is 375 g/mol. The number of urea groups is 1. The van der Waals surface area contributed by atoms with Crippen molar-refractivity contribution in [1.82, 2.24) is 14.8 Å². The molecular formula is C23H25N3O2. The maximum atomic E-state index is 12.8. The van der Waals surface area contributed by atoms with Crippen LogP contribution >= 0.6 is 0 Å². The Morgan fingerprint density at radius 3 is 2.68 bits per heavy atom. The van der Waals surface area contributed by atoms with Gasteiger partial charge in [0.05, 0.1) is 6.04 Å². The van der Waals surface area contributed by atoms with Crippen molar-refractivity contribution in [2.24, 2.45) is 7.05 Å². The van der Waals surface area contributed by atoms with E-state index in [2.05, 4.69) is 16.0 Å². The first-order chi connectivity index (χ1) is 13.7. The number of hydrogen-bond donors (Lipinski definition) is 1. The van der Waals surface area contributed by atoms with E-state index < -0.39 is 0 Å². The summed E-state index contributed by atoms with van der Waals surface area (Å²) in [4.78, 5) is 14.7. The van der Waals surface area contributed by atoms with E-state index in [1.807, 2.05) is 78.8 Å². The fourth-order valence-electron chi connectivity index (χ4n) is 3.76. The summed E-state index contributed by atoms with van der Waals surface area (Å²) < 4.78 is 7.98. The maximum Gasteiger partial charge on any atom is 0.318 e. The molecule has 0 bridgehead atoms. The Balaban J connectivity index is 1.38. The van der Waals surface area contributed by atoms with Gasteiger partial charge in [0.1, 0.15) is 11.5 Å². The van der Waals surface area contributed by atoms with Crippen LogP contribution < -0.4 is 10.1 Å². The zero-order valence-corrected chi connectivity index (χ0v) is 16.0. The van der Waals surface area contributed by atoms with Gasteiger partial charge in [-0.1, -0.05) is 30.3 Å². The standard InChI is InChI=1S/C23H25N3O2/c1-25-14-6-12-21(25)22-13-7-15-26(22)23(27)24-17-18-8-5-11-20(16-18)28-19-9-3-2-4-10-19/h2-6,8-12,14,16,22H,7,13,15,17H2,1H3,(H,24,27). The molecule has 1 saturated heterocycles. The highest BCUT2D eigenvalue weighted by atomic mass is 16.5. The number of para-hydroxylation sites is 1. The smallest absolute Gasteiger partial charge is 0.318 e. The lowest BCUT2D eigenvalue weighted by Crippen LogP contribution is -2.39. The predicted octanol–water partition coefficient (Wildman–Crippen LogP) is 4.86. The van der Waals surface area contributed by atoms with Crippen molar-refractivity contribution in [3.8, 4) is 11.5 Å². The van der Waals surface area contributed by atoms with E-state index in [9.17, 15) is 4.79 Å². The Kier molecular flexibility index (Phi) is 5.33. The van der Waals surface area contributed by atoms with Crippen molar-refractivity contribution in [3.63, 3.8) is 0 Å². The number of amides is 2. The molecule has 5 nitrogen and oxygen atoms in total. The molecule has 3 aromatic rings. The summed E-state index contributed by atoms with van der Waals surface area (Å²) in [5, 5.41) is 3.07. The Morgan fingerprint density at radius 1 is 1.07 bits per heavy atom. The second-order valence-corrected chi connectivity index (χ2v) is 7.12. The van der Waals surface area contributed by atoms with E-state index in [1.54, 1.807) is 0 Å². The molecule has 1 unspecified atom stereocenters. The fraction of sp³-hybridized carbons (Fsp3) is 0.261. The molecule has 2 amide bonds. The van der Waals surface area contributed by atoms with Crippen LogP contribution in [0.5, 0.6) is 11.5 Å². The van der Waals surface area contributed by atoms with Crippen LogP contribution in [0.4, 0.5) is 4.79 Å². The van der Waals surface area contributed by atoms with Crippen molar-refractivity contribution < 1.29 is 9.53 Å². The molecule has 144 valence electrons. The van der Waals surface area contributed by atoms with E-state index in [4.69, 9.17) is 4.74 Å². The van der Waals surface area contributed by atoms with E-state index in [0.717, 1.165) is 36.4 Å². The Labute approximate surface area is 165 Å². The van der Waals surface area contributed by atoms with Crippen LogP contribution in [-0.4, -0.2) is 22.0 Å². The third-order valence-corrected chi connectivity index (χ3v) is 5.16. The minimum atomic E-state index is -0.0157. The first-order valence-corrected chi connectivity index (χ1v) is 9.68. The van der Waals surface area contributed by atoms with Gasteiger partial charge in [0, 0.05) is 32.0 Å². The number of aryl methyl sites for hydroxylation is 1. The Bertz CT molecular complexity index is 936. The second kappa shape index (κ2) is 8.21. The highest BCUT2D eigenvalue weighted by molar-refractivity contribution is 5.75. The van der Waals surface area contributed by atoms with Crippen molar-refractivity contribution >= 4 is 6.03 Å². The van der Waals surface area contributed by atoms with Gasteiger partial charge < -0.3 is 19.5 Å². The number of nitrogens with zero attached hydrogens (tertiary/aromatic N) is 2. The molecule has 2 aromatic carbocycles. The first kappa shape index (κ1) is 18.2. The van der Waals surface area contributed by atoms with Crippen molar-refractivity contribution in [3.05, 3.63) is 84.2 Å². The number of rotatable bonds is 5. The number of carbonyl (C=O) groups is 1. The van der Waals surface area contributed by atoms with Gasteiger partial charge in [-0.2, -0.15) is 0 Å². The highest BCUT2D eigenvalue weighted by Gasteiger charge is 2.31. The molecule has 1 fully saturated rings. The minimum absolute atomic E-state index is 0.0157. The van der Waals surface area contributed by atoms with E-state index in [0.29, 0.717) is 6.54 Å². The summed E-state index contributed by atoms with van der Waals surface area (Å²) in [5.74, 6) is 1.56. The third kappa shape index (κ3) is 4.03. The van der Waals surface area contributed by atoms with E-state index in [1.165, 1.54) is 5.69 Å². The van der Waals surface area contributed by atoms with Crippen LogP contribution in [0.15, 0.2) is 72.9 Å². The number of hydrogen-bond acceptors (Lipinski definition) is 2. The number of nitrogens with one attached hydrogen (secondary N) is 1. The Hall–Kier alpha value is -3.21. The van der Waals surface area contributed by atoms with Gasteiger partial charge in [0.25, 0.3) is 0 Å². The first-order valence-electron chi connectivity index (χ1n) is 9.68. The molecular weight excluding hydrogens is 350 g/mol. The van der Waals surface area contributed by atoms with Gasteiger partial charge in [-0.3, -0.25) is 0 Å². The van der Waals surface area contributed by atoms with Crippen LogP contribution in [0.3, 0.4) is 0 Å². The lowest BCUT2D eigenvalue weighted by molar-refractivity contribution is 0.191. The van der Waals surface area contributed by atoms with Crippen molar-refractivity contribution in [2.45, 2.75) is 25.4 Å². The lowest BCUT2D eigenvalue weighted by Gasteiger charge is -2.25. The summed E-state index contributed by atoms with van der Waals surface area (Å²) in [6.45, 7) is 1.26. The third-order valence-electron chi connectivity index (χ3n) is 5.16. The number of ether oxygens (including phenoxy) is 1. The molecule has 0 spiro atoms. The molecule has 1 N–H and O–H groups in total. The van der Waals surface area contributed by atoms with Crippen LogP contribution in [0.25, 0.3) is 0 Å². The van der Waals surface area contributed by atoms with Crippen LogP contribution in [0.1, 0.15) is 30.1 Å². The van der Waals surface area contributed by atoms with Gasteiger partial charge in [0.2, 0.25) is 0 Å². The predicted molar refractivity (Wildman–Crippen MR) is 109 cm³/mol. The molecule has 4 rings (SSSR count). The fourth-order valence-corrected chi connectivity index (χ4v) is 3.76. The van der Waals surface area contributed by atoms with E-state index in [-0.39, 0.29) is 12.1 Å². The van der Waals surface area contributed by atoms with Crippen LogP contribution in [0.2, 0.25) is 0 Å². The van der Waals surface area contributed by atoms with E-state index >= 15 is 0 Å². The largest absolute Gasteiger partial charge is 0.457 e. The summed E-state index contributed by atoms with van der Waals surface area (Å²) in [6, 6.07) is 21.8. The average Bonchev–Trinajstić information content (AvgIpc) is 3.36. The molecule has 0 radical (unpaired) electrons. The molecule has 0 aliphatic carbocycles. The van der Waals surface area contributed by atoms with Gasteiger partial charge in [-0.25, -0.2) is 4.79 Å². The second-order valence-electron chi connectivity index (χ2n) is 7.12. The number of likely N-dealkylation sites (tertiary alicyclic amines) is 1. The minimum Gasteiger partial charge on any atom is -0.457 e. The molecule has 1 aliphatic rings. The van der Waals surface area contributed by atoms with Crippen molar-refractivity contribution in [2.75, 3.05) is 6.54 Å². The molecule has 28 heavy (non-hydrogen) atoms. The molecule has 2 heterocycles. The molecule has 1 aliphatic heterocycles. The highest BCUT2D eigenvalue weighted by Crippen LogP contribution is 2.31. The van der Waals surface area contributed by atoms with Gasteiger partial charge in [0.15, 0.2) is 0 Å².